The lowest BCUT2D eigenvalue weighted by molar-refractivity contribution is -0.149. The van der Waals surface area contributed by atoms with Crippen molar-refractivity contribution in [2.75, 3.05) is 32.9 Å². The third-order valence-electron chi connectivity index (χ3n) is 5.40. The van der Waals surface area contributed by atoms with Crippen LogP contribution in [0.3, 0.4) is 0 Å². The lowest BCUT2D eigenvalue weighted by Crippen LogP contribution is -2.52. The fourth-order valence-corrected chi connectivity index (χ4v) is 4.75. The molecule has 180 valence electrons. The van der Waals surface area contributed by atoms with Crippen molar-refractivity contribution in [2.45, 2.75) is 19.0 Å². The van der Waals surface area contributed by atoms with E-state index in [4.69, 9.17) is 9.47 Å². The molecule has 2 aliphatic heterocycles. The number of hydrogen-bond acceptors (Lipinski definition) is 9. The van der Waals surface area contributed by atoms with Crippen molar-refractivity contribution < 1.29 is 28.6 Å². The van der Waals surface area contributed by atoms with Gasteiger partial charge in [0.15, 0.2) is 10.8 Å². The van der Waals surface area contributed by atoms with Gasteiger partial charge in [-0.15, -0.1) is 11.3 Å². The Bertz CT molecular complexity index is 1140. The highest BCUT2D eigenvalue weighted by Crippen LogP contribution is 2.35. The summed E-state index contributed by atoms with van der Waals surface area (Å²) in [6.45, 7) is 2.59. The number of carbonyl (C=O) groups excluding carboxylic acids is 1. The topological polar surface area (TPSA) is 113 Å². The van der Waals surface area contributed by atoms with Crippen molar-refractivity contribution in [2.24, 2.45) is 4.99 Å². The van der Waals surface area contributed by atoms with Crippen LogP contribution in [0.4, 0.5) is 4.39 Å². The van der Waals surface area contributed by atoms with Crippen molar-refractivity contribution in [1.82, 2.24) is 15.2 Å². The first-order valence-electron chi connectivity index (χ1n) is 10.5. The number of amidine groups is 1. The van der Waals surface area contributed by atoms with E-state index in [1.54, 1.807) is 35.5 Å². The minimum Gasteiger partial charge on any atom is -0.480 e. The zero-order chi connectivity index (χ0) is 24.2. The number of halogens is 2. The first-order valence-corrected chi connectivity index (χ1v) is 12.2. The molecule has 9 nitrogen and oxygen atoms in total. The van der Waals surface area contributed by atoms with E-state index in [0.29, 0.717) is 34.2 Å². The van der Waals surface area contributed by atoms with E-state index in [1.807, 2.05) is 0 Å². The van der Waals surface area contributed by atoms with E-state index < -0.39 is 29.8 Å². The molecule has 2 N–H and O–H groups in total. The summed E-state index contributed by atoms with van der Waals surface area (Å²) in [4.78, 5) is 35.6. The maximum Gasteiger partial charge on any atom is 0.338 e. The van der Waals surface area contributed by atoms with Crippen LogP contribution in [-0.2, 0) is 19.1 Å². The SMILES string of the molecule is CCOC(=O)C1=C(CN2CCOCC2C(=O)O)NC(c2nccs2)=NC1c1ccc(Br)cc1F. The number of carboxylic acids is 1. The summed E-state index contributed by atoms with van der Waals surface area (Å²) in [6, 6.07) is 2.64. The zero-order valence-corrected chi connectivity index (χ0v) is 20.6. The number of ether oxygens (including phenoxy) is 2. The zero-order valence-electron chi connectivity index (χ0n) is 18.2. The molecular formula is C22H22BrFN4O5S. The highest BCUT2D eigenvalue weighted by atomic mass is 79.9. The molecule has 4 rings (SSSR count). The van der Waals surface area contributed by atoms with Crippen molar-refractivity contribution in [1.29, 1.82) is 0 Å². The second kappa shape index (κ2) is 10.7. The number of nitrogens with one attached hydrogen (secondary N) is 1. The molecule has 0 spiro atoms. The maximum atomic E-state index is 15.1. The number of hydrogen-bond donors (Lipinski definition) is 2. The fourth-order valence-electron chi connectivity index (χ4n) is 3.82. The number of benzene rings is 1. The van der Waals surface area contributed by atoms with Crippen LogP contribution < -0.4 is 5.32 Å². The van der Waals surface area contributed by atoms with Gasteiger partial charge in [0.2, 0.25) is 0 Å². The molecule has 0 bridgehead atoms. The molecule has 3 heterocycles. The molecule has 1 aromatic heterocycles. The Morgan fingerprint density at radius 2 is 2.26 bits per heavy atom. The van der Waals surface area contributed by atoms with Crippen LogP contribution >= 0.6 is 27.3 Å². The molecule has 1 fully saturated rings. The van der Waals surface area contributed by atoms with Crippen molar-refractivity contribution >= 4 is 45.0 Å². The summed E-state index contributed by atoms with van der Waals surface area (Å²) in [5.74, 6) is -1.86. The number of esters is 1. The summed E-state index contributed by atoms with van der Waals surface area (Å²) in [7, 11) is 0. The lowest BCUT2D eigenvalue weighted by atomic mass is 9.94. The summed E-state index contributed by atoms with van der Waals surface area (Å²) in [5, 5.41) is 15.1. The molecule has 34 heavy (non-hydrogen) atoms. The Kier molecular flexibility index (Phi) is 7.71. The number of morpholine rings is 1. The van der Waals surface area contributed by atoms with Gasteiger partial charge in [-0.2, -0.15) is 0 Å². The standard InChI is InChI=1S/C22H22BrFN4O5S/c1-2-33-22(31)17-15(10-28-6-7-32-11-16(28)21(29)30)26-19(20-25-5-8-34-20)27-18(17)13-4-3-12(23)9-14(13)24/h3-5,8-9,16,18H,2,6-7,10-11H2,1H3,(H,26,27)(H,29,30). The van der Waals surface area contributed by atoms with E-state index in [2.05, 4.69) is 31.2 Å². The summed E-state index contributed by atoms with van der Waals surface area (Å²) < 4.78 is 26.3. The minimum atomic E-state index is -1.03. The molecule has 2 aliphatic rings. The van der Waals surface area contributed by atoms with E-state index >= 15 is 4.39 Å². The van der Waals surface area contributed by atoms with Crippen LogP contribution in [0.15, 0.2) is 50.5 Å². The van der Waals surface area contributed by atoms with Gasteiger partial charge in [0.25, 0.3) is 0 Å². The van der Waals surface area contributed by atoms with E-state index in [9.17, 15) is 14.7 Å². The maximum absolute atomic E-state index is 15.1. The molecule has 1 aromatic carbocycles. The molecule has 0 radical (unpaired) electrons. The third kappa shape index (κ3) is 5.19. The van der Waals surface area contributed by atoms with Gasteiger partial charge in [0.05, 0.1) is 25.4 Å². The number of thiazole rings is 1. The first-order chi connectivity index (χ1) is 16.4. The van der Waals surface area contributed by atoms with Gasteiger partial charge < -0.3 is 19.9 Å². The van der Waals surface area contributed by atoms with Gasteiger partial charge in [-0.1, -0.05) is 22.0 Å². The summed E-state index contributed by atoms with van der Waals surface area (Å²) >= 11 is 4.59. The largest absolute Gasteiger partial charge is 0.480 e. The highest BCUT2D eigenvalue weighted by molar-refractivity contribution is 9.10. The summed E-state index contributed by atoms with van der Waals surface area (Å²) in [5.41, 5.74) is 0.703. The van der Waals surface area contributed by atoms with Crippen molar-refractivity contribution in [3.05, 3.63) is 61.9 Å². The Hall–Kier alpha value is -2.67. The monoisotopic (exact) mass is 552 g/mol. The molecule has 2 atom stereocenters. The average Bonchev–Trinajstić information content (AvgIpc) is 3.34. The van der Waals surface area contributed by atoms with Crippen LogP contribution in [0.2, 0.25) is 0 Å². The Balaban J connectivity index is 1.83. The van der Waals surface area contributed by atoms with E-state index in [1.165, 1.54) is 17.4 Å². The van der Waals surface area contributed by atoms with Gasteiger partial charge in [-0.25, -0.2) is 14.2 Å². The van der Waals surface area contributed by atoms with Crippen LogP contribution in [0.25, 0.3) is 0 Å². The van der Waals surface area contributed by atoms with Crippen LogP contribution in [0, 0.1) is 5.82 Å². The minimum absolute atomic E-state index is 0.0234. The van der Waals surface area contributed by atoms with Crippen LogP contribution in [0.1, 0.15) is 23.5 Å². The van der Waals surface area contributed by atoms with E-state index in [0.717, 1.165) is 0 Å². The number of aliphatic carboxylic acids is 1. The van der Waals surface area contributed by atoms with Gasteiger partial charge in [0.1, 0.15) is 17.9 Å². The molecule has 1 saturated heterocycles. The van der Waals surface area contributed by atoms with Crippen LogP contribution in [-0.4, -0.2) is 71.7 Å². The Labute approximate surface area is 207 Å². The molecule has 2 unspecified atom stereocenters. The lowest BCUT2D eigenvalue weighted by Gasteiger charge is -2.35. The average molecular weight is 553 g/mol. The van der Waals surface area contributed by atoms with Crippen molar-refractivity contribution in [3.8, 4) is 0 Å². The second-order valence-corrected chi connectivity index (χ2v) is 9.33. The van der Waals surface area contributed by atoms with Gasteiger partial charge in [0, 0.05) is 40.4 Å². The Morgan fingerprint density at radius 3 is 2.94 bits per heavy atom. The predicted octanol–water partition coefficient (Wildman–Crippen LogP) is 2.74. The number of carboxylic acid groups (broad SMARTS) is 1. The fraction of sp³-hybridized carbons (Fsp3) is 0.364. The normalized spacial score (nSPS) is 21.1. The summed E-state index contributed by atoms with van der Waals surface area (Å²) in [6.07, 6.45) is 1.62. The van der Waals surface area contributed by atoms with Crippen LogP contribution in [0.5, 0.6) is 0 Å². The number of nitrogens with zero attached hydrogens (tertiary/aromatic N) is 3. The number of aromatic nitrogens is 1. The molecule has 2 aromatic rings. The first kappa shape index (κ1) is 24.5. The molecule has 0 saturated carbocycles. The third-order valence-corrected chi connectivity index (χ3v) is 6.67. The predicted molar refractivity (Wildman–Crippen MR) is 126 cm³/mol. The molecular weight excluding hydrogens is 531 g/mol. The van der Waals surface area contributed by atoms with Crippen molar-refractivity contribution in [3.63, 3.8) is 0 Å². The Morgan fingerprint density at radius 1 is 1.44 bits per heavy atom. The number of rotatable bonds is 7. The van der Waals surface area contributed by atoms with Gasteiger partial charge in [-0.3, -0.25) is 14.7 Å². The highest BCUT2D eigenvalue weighted by Gasteiger charge is 2.37. The quantitative estimate of drug-likeness (QED) is 0.504. The number of aliphatic imine (C=N–C) groups is 1. The smallest absolute Gasteiger partial charge is 0.338 e. The van der Waals surface area contributed by atoms with Gasteiger partial charge >= 0.3 is 11.9 Å². The second-order valence-electron chi connectivity index (χ2n) is 7.52. The van der Waals surface area contributed by atoms with E-state index in [-0.39, 0.29) is 30.9 Å². The molecule has 12 heteroatoms. The molecule has 0 aliphatic carbocycles. The number of carbonyl (C=O) groups is 2. The van der Waals surface area contributed by atoms with Gasteiger partial charge in [-0.05, 0) is 19.1 Å². The molecule has 0 amide bonds.